The topological polar surface area (TPSA) is 141 Å². The highest BCUT2D eigenvalue weighted by Gasteiger charge is 2.53. The summed E-state index contributed by atoms with van der Waals surface area (Å²) >= 11 is 0. The molecule has 1 aliphatic carbocycles. The first-order valence-corrected chi connectivity index (χ1v) is 15.4. The number of methoxy groups -OCH3 is 1. The number of carbonyl (C=O) groups is 4. The summed E-state index contributed by atoms with van der Waals surface area (Å²) in [4.78, 5) is 59.5. The molecule has 1 aliphatic heterocycles. The Morgan fingerprint density at radius 2 is 1.79 bits per heavy atom. The summed E-state index contributed by atoms with van der Waals surface area (Å²) in [6.07, 6.45) is 4.63. The van der Waals surface area contributed by atoms with Gasteiger partial charge in [-0.25, -0.2) is 0 Å². The van der Waals surface area contributed by atoms with Crippen molar-refractivity contribution in [3.8, 4) is 5.75 Å². The Labute approximate surface area is 254 Å². The van der Waals surface area contributed by atoms with Crippen molar-refractivity contribution >= 4 is 34.4 Å². The molecule has 1 aromatic carbocycles. The molecule has 2 aliphatic rings. The lowest BCUT2D eigenvalue weighted by atomic mass is 9.76. The van der Waals surface area contributed by atoms with Crippen LogP contribution < -0.4 is 15.4 Å². The number of nitrogens with one attached hydrogen (secondary N) is 3. The van der Waals surface area contributed by atoms with Crippen molar-refractivity contribution in [2.75, 3.05) is 20.3 Å². The first-order chi connectivity index (χ1) is 20.2. The zero-order chi connectivity index (χ0) is 31.7. The first-order valence-electron chi connectivity index (χ1n) is 15.4. The second kappa shape index (κ2) is 12.7. The molecule has 1 saturated carbocycles. The van der Waals surface area contributed by atoms with Crippen LogP contribution in [0.25, 0.3) is 10.9 Å². The third-order valence-corrected chi connectivity index (χ3v) is 9.68. The number of hydrogen-bond acceptors (Lipinski definition) is 6. The molecule has 2 fully saturated rings. The molecular formula is C33H48N4O6. The highest BCUT2D eigenvalue weighted by atomic mass is 16.5. The minimum absolute atomic E-state index is 0.0160. The number of ketones is 1. The van der Waals surface area contributed by atoms with E-state index in [0.29, 0.717) is 18.0 Å². The highest BCUT2D eigenvalue weighted by molar-refractivity contribution is 6.02. The highest BCUT2D eigenvalue weighted by Crippen LogP contribution is 2.42. The van der Waals surface area contributed by atoms with Gasteiger partial charge in [0.1, 0.15) is 30.1 Å². The fraction of sp³-hybridized carbons (Fsp3) is 0.636. The van der Waals surface area contributed by atoms with Gasteiger partial charge in [0.15, 0.2) is 5.78 Å². The summed E-state index contributed by atoms with van der Waals surface area (Å²) in [6, 6.07) is 4.68. The van der Waals surface area contributed by atoms with E-state index in [0.717, 1.165) is 43.0 Å². The number of Topliss-reactive ketones (excluding diaryl/α,β-unsaturated/α-hetero) is 1. The molecule has 1 aromatic heterocycles. The number of likely N-dealkylation sites (tertiary alicyclic amines) is 1. The minimum Gasteiger partial charge on any atom is -0.496 e. The number of aliphatic hydroxyl groups is 1. The van der Waals surface area contributed by atoms with Crippen LogP contribution in [-0.4, -0.2) is 76.9 Å². The van der Waals surface area contributed by atoms with Gasteiger partial charge in [0, 0.05) is 17.4 Å². The van der Waals surface area contributed by atoms with E-state index >= 15 is 0 Å². The molecule has 2 aromatic rings. The molecule has 2 unspecified atom stereocenters. The number of nitrogens with zero attached hydrogens (tertiary/aromatic N) is 1. The molecular weight excluding hydrogens is 548 g/mol. The maximum absolute atomic E-state index is 14.5. The van der Waals surface area contributed by atoms with Gasteiger partial charge in [-0.05, 0) is 53.7 Å². The molecule has 0 bridgehead atoms. The van der Waals surface area contributed by atoms with Gasteiger partial charge in [-0.2, -0.15) is 0 Å². The summed E-state index contributed by atoms with van der Waals surface area (Å²) < 4.78 is 5.45. The Kier molecular flexibility index (Phi) is 9.59. The number of H-pyrrole nitrogens is 1. The van der Waals surface area contributed by atoms with Gasteiger partial charge < -0.3 is 30.4 Å². The predicted octanol–water partition coefficient (Wildman–Crippen LogP) is 3.82. The van der Waals surface area contributed by atoms with E-state index in [-0.39, 0.29) is 17.7 Å². The van der Waals surface area contributed by atoms with E-state index in [4.69, 9.17) is 4.74 Å². The molecule has 236 valence electrons. The molecule has 2 heterocycles. The van der Waals surface area contributed by atoms with Gasteiger partial charge in [-0.1, -0.05) is 66.9 Å². The maximum atomic E-state index is 14.5. The van der Waals surface area contributed by atoms with Gasteiger partial charge in [-0.3, -0.25) is 19.2 Å². The molecule has 3 amide bonds. The fourth-order valence-corrected chi connectivity index (χ4v) is 6.77. The van der Waals surface area contributed by atoms with Crippen LogP contribution in [0.3, 0.4) is 0 Å². The van der Waals surface area contributed by atoms with Crippen LogP contribution in [0.4, 0.5) is 0 Å². The van der Waals surface area contributed by atoms with Gasteiger partial charge >= 0.3 is 0 Å². The Bertz CT molecular complexity index is 1350. The number of aromatic amines is 1. The molecule has 10 nitrogen and oxygen atoms in total. The number of aromatic nitrogens is 1. The number of aliphatic hydroxyl groups excluding tert-OH is 1. The van der Waals surface area contributed by atoms with E-state index in [1.54, 1.807) is 18.1 Å². The number of ether oxygens (including phenoxy) is 1. The molecule has 4 atom stereocenters. The maximum Gasteiger partial charge on any atom is 0.268 e. The van der Waals surface area contributed by atoms with Crippen molar-refractivity contribution in [3.63, 3.8) is 0 Å². The van der Waals surface area contributed by atoms with Gasteiger partial charge in [0.05, 0.1) is 13.2 Å². The number of hydrogen-bond donors (Lipinski definition) is 4. The first kappa shape index (κ1) is 32.5. The van der Waals surface area contributed by atoms with Crippen molar-refractivity contribution in [2.24, 2.45) is 22.7 Å². The van der Waals surface area contributed by atoms with Crippen LogP contribution in [0.5, 0.6) is 5.75 Å². The molecule has 0 radical (unpaired) electrons. The molecule has 10 heteroatoms. The molecule has 4 rings (SSSR count). The average Bonchev–Trinajstić information content (AvgIpc) is 3.51. The lowest BCUT2D eigenvalue weighted by molar-refractivity contribution is -0.144. The molecule has 1 saturated heterocycles. The van der Waals surface area contributed by atoms with Crippen molar-refractivity contribution in [2.45, 2.75) is 91.8 Å². The molecule has 43 heavy (non-hydrogen) atoms. The van der Waals surface area contributed by atoms with Crippen molar-refractivity contribution in [1.29, 1.82) is 0 Å². The van der Waals surface area contributed by atoms with E-state index < -0.39 is 53.2 Å². The number of rotatable bonds is 9. The number of carbonyl (C=O) groups excluding carboxylic acids is 4. The van der Waals surface area contributed by atoms with Gasteiger partial charge in [0.2, 0.25) is 11.8 Å². The smallest absolute Gasteiger partial charge is 0.268 e. The quantitative estimate of drug-likeness (QED) is 0.347. The largest absolute Gasteiger partial charge is 0.496 e. The zero-order valence-corrected chi connectivity index (χ0v) is 26.6. The van der Waals surface area contributed by atoms with Crippen LogP contribution >= 0.6 is 0 Å². The molecule has 0 spiro atoms. The predicted molar refractivity (Wildman–Crippen MR) is 165 cm³/mol. The van der Waals surface area contributed by atoms with E-state index in [1.165, 1.54) is 0 Å². The standard InChI is InChI=1S/C33H48N4O6/c1-19-17-37(28(33(19,5)6)30(41)36-27(24(39)18-38)32(2,3)4)31(42)26(20-12-9-8-10-13-20)35-29(40)23-16-21-22(34-23)14-11-15-25(21)43-7/h11,14-16,19-20,26-28,34,38H,8-10,12-13,17-18H2,1-7H3,(H,35,40)(H,36,41)/t19-,26?,27?,28-/m1/s1. The summed E-state index contributed by atoms with van der Waals surface area (Å²) in [6.45, 7) is 11.1. The van der Waals surface area contributed by atoms with Gasteiger partial charge in [0.25, 0.3) is 5.91 Å². The van der Waals surface area contributed by atoms with Crippen LogP contribution in [-0.2, 0) is 14.4 Å². The third kappa shape index (κ3) is 6.59. The van der Waals surface area contributed by atoms with Crippen LogP contribution in [0, 0.1) is 22.7 Å². The van der Waals surface area contributed by atoms with E-state index in [1.807, 2.05) is 59.7 Å². The third-order valence-electron chi connectivity index (χ3n) is 9.68. The normalized spacial score (nSPS) is 22.2. The van der Waals surface area contributed by atoms with Crippen molar-refractivity contribution < 1.29 is 29.0 Å². The monoisotopic (exact) mass is 596 g/mol. The number of fused-ring (bicyclic) bond motifs is 1. The van der Waals surface area contributed by atoms with E-state index in [9.17, 15) is 24.3 Å². The van der Waals surface area contributed by atoms with Crippen LogP contribution in [0.1, 0.15) is 84.1 Å². The average molecular weight is 597 g/mol. The Balaban J connectivity index is 1.65. The number of benzene rings is 1. The lowest BCUT2D eigenvalue weighted by Crippen LogP contribution is -2.61. The fourth-order valence-electron chi connectivity index (χ4n) is 6.77. The summed E-state index contributed by atoms with van der Waals surface area (Å²) in [5.74, 6) is -1.03. The second-order valence-electron chi connectivity index (χ2n) is 14.0. The van der Waals surface area contributed by atoms with Crippen LogP contribution in [0.15, 0.2) is 24.3 Å². The Morgan fingerprint density at radius 1 is 1.12 bits per heavy atom. The number of amides is 3. The SMILES string of the molecule is COc1cccc2[nH]c(C(=O)NC(C(=O)N3C[C@@H](C)C(C)(C)[C@H]3C(=O)NC(C(=O)CO)C(C)(C)C)C3CCCCC3)cc12. The Morgan fingerprint density at radius 3 is 2.40 bits per heavy atom. The minimum atomic E-state index is -0.915. The summed E-state index contributed by atoms with van der Waals surface area (Å²) in [5, 5.41) is 16.3. The lowest BCUT2D eigenvalue weighted by Gasteiger charge is -2.38. The zero-order valence-electron chi connectivity index (χ0n) is 26.6. The van der Waals surface area contributed by atoms with Gasteiger partial charge in [-0.15, -0.1) is 0 Å². The second-order valence-corrected chi connectivity index (χ2v) is 14.0. The summed E-state index contributed by atoms with van der Waals surface area (Å²) in [5.41, 5.74) is -0.158. The van der Waals surface area contributed by atoms with E-state index in [2.05, 4.69) is 15.6 Å². The molecule has 4 N–H and O–H groups in total. The van der Waals surface area contributed by atoms with Crippen molar-refractivity contribution in [1.82, 2.24) is 20.5 Å². The van der Waals surface area contributed by atoms with Crippen LogP contribution in [0.2, 0.25) is 0 Å². The van der Waals surface area contributed by atoms with Crippen molar-refractivity contribution in [3.05, 3.63) is 30.0 Å². The summed E-state index contributed by atoms with van der Waals surface area (Å²) in [7, 11) is 1.58. The Hall–Kier alpha value is -3.40.